The van der Waals surface area contributed by atoms with E-state index < -0.39 is 0 Å². The molecule has 3 aromatic rings. The van der Waals surface area contributed by atoms with Crippen LogP contribution >= 0.6 is 0 Å². The van der Waals surface area contributed by atoms with E-state index in [0.717, 1.165) is 22.4 Å². The highest BCUT2D eigenvalue weighted by atomic mass is 15.3. The molecule has 3 rings (SSSR count). The molecule has 0 saturated carbocycles. The van der Waals surface area contributed by atoms with E-state index in [0.29, 0.717) is 11.3 Å². The number of hydrogen-bond donors (Lipinski definition) is 1. The monoisotopic (exact) mass is 272 g/mol. The summed E-state index contributed by atoms with van der Waals surface area (Å²) in [5.74, 6) is 0. The minimum atomic E-state index is 0.616. The van der Waals surface area contributed by atoms with Gasteiger partial charge in [0, 0.05) is 11.1 Å². The fraction of sp³-hybridized carbons (Fsp3) is 0. The Morgan fingerprint density at radius 2 is 1.71 bits per heavy atom. The molecule has 0 saturated heterocycles. The number of nitrogens with one attached hydrogen (secondary N) is 1. The second kappa shape index (κ2) is 5.43. The summed E-state index contributed by atoms with van der Waals surface area (Å²) in [6.45, 7) is 4.11. The molecule has 1 aromatic heterocycles. The van der Waals surface area contributed by atoms with Crippen molar-refractivity contribution in [2.75, 3.05) is 0 Å². The number of aromatic amines is 1. The van der Waals surface area contributed by atoms with E-state index in [1.807, 2.05) is 42.5 Å². The highest BCUT2D eigenvalue weighted by Crippen LogP contribution is 2.28. The van der Waals surface area contributed by atoms with Gasteiger partial charge in [-0.2, -0.15) is 20.7 Å². The molecule has 1 N–H and O–H groups in total. The van der Waals surface area contributed by atoms with Crippen LogP contribution in [0.5, 0.6) is 0 Å². The van der Waals surface area contributed by atoms with Gasteiger partial charge in [0.1, 0.15) is 11.4 Å². The van der Waals surface area contributed by atoms with Crippen molar-refractivity contribution in [2.24, 2.45) is 0 Å². The van der Waals surface area contributed by atoms with Crippen molar-refractivity contribution in [2.45, 2.75) is 0 Å². The van der Waals surface area contributed by atoms with Crippen LogP contribution in [-0.4, -0.2) is 15.4 Å². The van der Waals surface area contributed by atoms with E-state index in [9.17, 15) is 0 Å². The maximum atomic E-state index is 8.85. The molecule has 0 atom stereocenters. The maximum absolute atomic E-state index is 8.85. The van der Waals surface area contributed by atoms with Crippen molar-refractivity contribution < 1.29 is 0 Å². The average Bonchev–Trinajstić information content (AvgIpc) is 3.04. The van der Waals surface area contributed by atoms with E-state index in [1.165, 1.54) is 0 Å². The van der Waals surface area contributed by atoms with Crippen LogP contribution < -0.4 is 0 Å². The van der Waals surface area contributed by atoms with Crippen LogP contribution in [0.4, 0.5) is 0 Å². The van der Waals surface area contributed by atoms with Gasteiger partial charge in [-0.1, -0.05) is 49.0 Å². The summed E-state index contributed by atoms with van der Waals surface area (Å²) in [5, 5.41) is 19.9. The quantitative estimate of drug-likeness (QED) is 0.794. The Kier molecular flexibility index (Phi) is 3.32. The summed E-state index contributed by atoms with van der Waals surface area (Å²) in [4.78, 5) is 0. The maximum Gasteiger partial charge on any atom is 0.120 e. The van der Waals surface area contributed by atoms with Crippen LogP contribution in [-0.2, 0) is 0 Å². The first-order chi connectivity index (χ1) is 10.3. The van der Waals surface area contributed by atoms with Gasteiger partial charge >= 0.3 is 0 Å². The van der Waals surface area contributed by atoms with Crippen molar-refractivity contribution in [1.82, 2.24) is 15.4 Å². The lowest BCUT2D eigenvalue weighted by Crippen LogP contribution is -1.90. The first-order valence-corrected chi connectivity index (χ1v) is 6.45. The van der Waals surface area contributed by atoms with Crippen LogP contribution in [0.15, 0.2) is 61.2 Å². The third kappa shape index (κ3) is 2.45. The SMILES string of the molecule is C=C(c1ccccc1)c1n[nH]nc1-c1ccc(C#N)cc1. The molecule has 100 valence electrons. The fourth-order valence-electron chi connectivity index (χ4n) is 2.12. The molecule has 0 unspecified atom stereocenters. The third-order valence-corrected chi connectivity index (χ3v) is 3.24. The van der Waals surface area contributed by atoms with E-state index >= 15 is 0 Å². The van der Waals surface area contributed by atoms with E-state index in [2.05, 4.69) is 28.1 Å². The summed E-state index contributed by atoms with van der Waals surface area (Å²) in [6, 6.07) is 19.2. The lowest BCUT2D eigenvalue weighted by atomic mass is 10.00. The topological polar surface area (TPSA) is 65.4 Å². The van der Waals surface area contributed by atoms with Gasteiger partial charge in [-0.05, 0) is 17.7 Å². The number of benzene rings is 2. The second-order valence-electron chi connectivity index (χ2n) is 4.55. The standard InChI is InChI=1S/C17H12N4/c1-12(14-5-3-2-4-6-14)16-17(20-21-19-16)15-9-7-13(11-18)8-10-15/h2-10H,1H2,(H,19,20,21). The summed E-state index contributed by atoms with van der Waals surface area (Å²) >= 11 is 0. The number of nitrogens with zero attached hydrogens (tertiary/aromatic N) is 3. The van der Waals surface area contributed by atoms with Crippen molar-refractivity contribution in [3.05, 3.63) is 78.0 Å². The predicted octanol–water partition coefficient (Wildman–Crippen LogP) is 3.40. The Morgan fingerprint density at radius 3 is 2.38 bits per heavy atom. The van der Waals surface area contributed by atoms with Gasteiger partial charge in [0.15, 0.2) is 0 Å². The summed E-state index contributed by atoms with van der Waals surface area (Å²) in [7, 11) is 0. The summed E-state index contributed by atoms with van der Waals surface area (Å²) in [6.07, 6.45) is 0. The lowest BCUT2D eigenvalue weighted by Gasteiger charge is -2.05. The van der Waals surface area contributed by atoms with Gasteiger partial charge in [-0.15, -0.1) is 0 Å². The van der Waals surface area contributed by atoms with Crippen molar-refractivity contribution in [3.63, 3.8) is 0 Å². The Balaban J connectivity index is 2.01. The van der Waals surface area contributed by atoms with Gasteiger partial charge in [0.2, 0.25) is 0 Å². The van der Waals surface area contributed by atoms with Crippen molar-refractivity contribution >= 4 is 5.57 Å². The predicted molar refractivity (Wildman–Crippen MR) is 81.1 cm³/mol. The minimum absolute atomic E-state index is 0.616. The van der Waals surface area contributed by atoms with Crippen LogP contribution in [0.25, 0.3) is 16.8 Å². The number of nitriles is 1. The molecule has 21 heavy (non-hydrogen) atoms. The molecular formula is C17H12N4. The first kappa shape index (κ1) is 12.8. The van der Waals surface area contributed by atoms with Gasteiger partial charge < -0.3 is 0 Å². The molecule has 2 aromatic carbocycles. The van der Waals surface area contributed by atoms with Crippen molar-refractivity contribution in [1.29, 1.82) is 5.26 Å². The van der Waals surface area contributed by atoms with Crippen LogP contribution in [0.1, 0.15) is 16.8 Å². The summed E-state index contributed by atoms with van der Waals surface area (Å²) in [5.41, 5.74) is 4.77. The highest BCUT2D eigenvalue weighted by molar-refractivity contribution is 5.83. The van der Waals surface area contributed by atoms with Gasteiger partial charge in [0.05, 0.1) is 11.6 Å². The largest absolute Gasteiger partial charge is 0.197 e. The molecule has 0 aliphatic carbocycles. The molecule has 1 heterocycles. The van der Waals surface area contributed by atoms with Gasteiger partial charge in [-0.3, -0.25) is 0 Å². The van der Waals surface area contributed by atoms with E-state index in [4.69, 9.17) is 5.26 Å². The van der Waals surface area contributed by atoms with Crippen molar-refractivity contribution in [3.8, 4) is 17.3 Å². The van der Waals surface area contributed by atoms with E-state index in [-0.39, 0.29) is 0 Å². The van der Waals surface area contributed by atoms with Gasteiger partial charge in [-0.25, -0.2) is 0 Å². The Hall–Kier alpha value is -3.19. The van der Waals surface area contributed by atoms with Crippen LogP contribution in [0, 0.1) is 11.3 Å². The molecule has 4 heteroatoms. The molecule has 0 aliphatic heterocycles. The zero-order valence-corrected chi connectivity index (χ0v) is 11.2. The number of hydrogen-bond acceptors (Lipinski definition) is 3. The molecule has 0 radical (unpaired) electrons. The number of aromatic nitrogens is 3. The first-order valence-electron chi connectivity index (χ1n) is 6.45. The molecule has 0 aliphatic rings. The highest BCUT2D eigenvalue weighted by Gasteiger charge is 2.14. The smallest absolute Gasteiger partial charge is 0.120 e. The van der Waals surface area contributed by atoms with Gasteiger partial charge in [0.25, 0.3) is 0 Å². The Bertz CT molecular complexity index is 808. The fourth-order valence-corrected chi connectivity index (χ4v) is 2.12. The molecule has 0 amide bonds. The molecule has 0 fully saturated rings. The molecule has 0 bridgehead atoms. The number of H-pyrrole nitrogens is 1. The molecule has 0 spiro atoms. The van der Waals surface area contributed by atoms with Crippen LogP contribution in [0.3, 0.4) is 0 Å². The lowest BCUT2D eigenvalue weighted by molar-refractivity contribution is 0.937. The Labute approximate surface area is 122 Å². The third-order valence-electron chi connectivity index (χ3n) is 3.24. The summed E-state index contributed by atoms with van der Waals surface area (Å²) < 4.78 is 0. The Morgan fingerprint density at radius 1 is 1.00 bits per heavy atom. The van der Waals surface area contributed by atoms with Crippen LogP contribution in [0.2, 0.25) is 0 Å². The average molecular weight is 272 g/mol. The number of rotatable bonds is 3. The van der Waals surface area contributed by atoms with E-state index in [1.54, 1.807) is 12.1 Å². The molecule has 4 nitrogen and oxygen atoms in total. The minimum Gasteiger partial charge on any atom is -0.197 e. The zero-order chi connectivity index (χ0) is 14.7. The zero-order valence-electron chi connectivity index (χ0n) is 11.2. The normalized spacial score (nSPS) is 10.0. The second-order valence-corrected chi connectivity index (χ2v) is 4.55. The molecular weight excluding hydrogens is 260 g/mol.